The summed E-state index contributed by atoms with van der Waals surface area (Å²) in [6.45, 7) is 0.502. The molecule has 1 aromatic carbocycles. The molecule has 0 aromatic heterocycles. The zero-order valence-electron chi connectivity index (χ0n) is 9.52. The van der Waals surface area contributed by atoms with Crippen LogP contribution in [0.25, 0.3) is 0 Å². The highest BCUT2D eigenvalue weighted by Crippen LogP contribution is 2.34. The number of amidine groups is 1. The van der Waals surface area contributed by atoms with Crippen molar-refractivity contribution in [3.8, 4) is 0 Å². The van der Waals surface area contributed by atoms with Gasteiger partial charge in [-0.2, -0.15) is 13.2 Å². The predicted octanol–water partition coefficient (Wildman–Crippen LogP) is 3.81. The molecule has 0 aliphatic carbocycles. The van der Waals surface area contributed by atoms with E-state index in [9.17, 15) is 17.6 Å². The van der Waals surface area contributed by atoms with E-state index in [0.29, 0.717) is 13.0 Å². The summed E-state index contributed by atoms with van der Waals surface area (Å²) in [6.07, 6.45) is -2.49. The molecule has 1 aliphatic heterocycles. The third-order valence-electron chi connectivity index (χ3n) is 2.94. The third-order valence-corrected chi connectivity index (χ3v) is 2.94. The van der Waals surface area contributed by atoms with E-state index in [0.717, 1.165) is 25.0 Å². The largest absolute Gasteiger partial charge is 0.419 e. The maximum atomic E-state index is 13.1. The van der Waals surface area contributed by atoms with Gasteiger partial charge in [0, 0.05) is 18.7 Å². The van der Waals surface area contributed by atoms with Gasteiger partial charge in [-0.05, 0) is 31.0 Å². The zero-order valence-corrected chi connectivity index (χ0v) is 9.52. The molecule has 98 valence electrons. The van der Waals surface area contributed by atoms with E-state index in [2.05, 4.69) is 0 Å². The van der Waals surface area contributed by atoms with Crippen LogP contribution in [0, 0.1) is 11.2 Å². The van der Waals surface area contributed by atoms with Gasteiger partial charge in [0.05, 0.1) is 5.56 Å². The second-order valence-corrected chi connectivity index (χ2v) is 4.22. The van der Waals surface area contributed by atoms with Crippen molar-refractivity contribution >= 4 is 11.5 Å². The zero-order chi connectivity index (χ0) is 13.3. The third kappa shape index (κ3) is 2.47. The highest BCUT2D eigenvalue weighted by Gasteiger charge is 2.34. The highest BCUT2D eigenvalue weighted by molar-refractivity contribution is 5.96. The number of anilines is 1. The fourth-order valence-corrected chi connectivity index (χ4v) is 2.02. The molecule has 2 nitrogen and oxygen atoms in total. The number of nitrogens with one attached hydrogen (secondary N) is 1. The summed E-state index contributed by atoms with van der Waals surface area (Å²) in [4.78, 5) is 1.50. The Morgan fingerprint density at radius 3 is 2.50 bits per heavy atom. The second-order valence-electron chi connectivity index (χ2n) is 4.22. The van der Waals surface area contributed by atoms with Gasteiger partial charge in [0.2, 0.25) is 0 Å². The summed E-state index contributed by atoms with van der Waals surface area (Å²) in [5, 5.41) is 7.71. The van der Waals surface area contributed by atoms with Gasteiger partial charge in [0.25, 0.3) is 0 Å². The number of hydrogen-bond donors (Lipinski definition) is 1. The Bertz CT molecular complexity index is 468. The van der Waals surface area contributed by atoms with E-state index in [4.69, 9.17) is 5.41 Å². The van der Waals surface area contributed by atoms with Crippen LogP contribution < -0.4 is 4.90 Å². The average Bonchev–Trinajstić information content (AvgIpc) is 2.29. The van der Waals surface area contributed by atoms with Crippen LogP contribution in [-0.4, -0.2) is 12.4 Å². The van der Waals surface area contributed by atoms with Gasteiger partial charge in [-0.1, -0.05) is 0 Å². The Labute approximate surface area is 102 Å². The number of piperidine rings is 1. The smallest absolute Gasteiger partial charge is 0.330 e. The van der Waals surface area contributed by atoms with Crippen LogP contribution >= 0.6 is 0 Å². The molecule has 0 radical (unpaired) electrons. The van der Waals surface area contributed by atoms with Crippen molar-refractivity contribution in [2.24, 2.45) is 0 Å². The highest BCUT2D eigenvalue weighted by atomic mass is 19.4. The summed E-state index contributed by atoms with van der Waals surface area (Å²) in [5.41, 5.74) is -1.05. The van der Waals surface area contributed by atoms with Crippen LogP contribution in [0.3, 0.4) is 0 Å². The molecule has 1 heterocycles. The van der Waals surface area contributed by atoms with Gasteiger partial charge in [-0.3, -0.25) is 5.41 Å². The van der Waals surface area contributed by atoms with Crippen molar-refractivity contribution in [2.45, 2.75) is 25.4 Å². The van der Waals surface area contributed by atoms with Crippen molar-refractivity contribution in [2.75, 3.05) is 11.4 Å². The van der Waals surface area contributed by atoms with Crippen molar-refractivity contribution in [1.82, 2.24) is 0 Å². The predicted molar refractivity (Wildman–Crippen MR) is 60.3 cm³/mol. The molecule has 1 aromatic rings. The van der Waals surface area contributed by atoms with Gasteiger partial charge in [-0.15, -0.1) is 0 Å². The first-order valence-electron chi connectivity index (χ1n) is 5.61. The van der Waals surface area contributed by atoms with E-state index in [1.54, 1.807) is 0 Å². The number of benzene rings is 1. The van der Waals surface area contributed by atoms with E-state index >= 15 is 0 Å². The molecule has 0 atom stereocenters. The molecule has 1 fully saturated rings. The summed E-state index contributed by atoms with van der Waals surface area (Å²) >= 11 is 0. The molecule has 0 spiro atoms. The van der Waals surface area contributed by atoms with Crippen molar-refractivity contribution in [1.29, 1.82) is 5.41 Å². The fourth-order valence-electron chi connectivity index (χ4n) is 2.02. The van der Waals surface area contributed by atoms with Gasteiger partial charge in [0.1, 0.15) is 11.7 Å². The minimum atomic E-state index is -4.71. The molecular formula is C12H12F4N2. The number of nitrogens with zero attached hydrogens (tertiary/aromatic N) is 1. The molecule has 6 heteroatoms. The lowest BCUT2D eigenvalue weighted by Crippen LogP contribution is -2.34. The Morgan fingerprint density at radius 2 is 1.89 bits per heavy atom. The molecule has 0 amide bonds. The summed E-state index contributed by atoms with van der Waals surface area (Å²) < 4.78 is 50.9. The summed E-state index contributed by atoms with van der Waals surface area (Å²) in [5.74, 6) is -1.00. The Hall–Kier alpha value is -1.59. The van der Waals surface area contributed by atoms with E-state index in [1.165, 1.54) is 11.0 Å². The lowest BCUT2D eigenvalue weighted by atomic mass is 10.1. The van der Waals surface area contributed by atoms with Gasteiger partial charge in [-0.25, -0.2) is 4.39 Å². The number of rotatable bonds is 1. The molecule has 0 saturated carbocycles. The van der Waals surface area contributed by atoms with Crippen LogP contribution in [0.4, 0.5) is 23.2 Å². The topological polar surface area (TPSA) is 27.1 Å². The molecule has 1 saturated heterocycles. The van der Waals surface area contributed by atoms with Gasteiger partial charge < -0.3 is 4.90 Å². The molecule has 1 aliphatic rings. The first-order valence-corrected chi connectivity index (χ1v) is 5.61. The Morgan fingerprint density at radius 1 is 1.17 bits per heavy atom. The molecule has 0 bridgehead atoms. The van der Waals surface area contributed by atoms with Gasteiger partial charge >= 0.3 is 6.18 Å². The lowest BCUT2D eigenvalue weighted by Gasteiger charge is -2.29. The second kappa shape index (κ2) is 4.59. The average molecular weight is 260 g/mol. The van der Waals surface area contributed by atoms with Gasteiger partial charge in [0.15, 0.2) is 0 Å². The quantitative estimate of drug-likeness (QED) is 0.764. The number of hydrogen-bond acceptors (Lipinski definition) is 1. The number of alkyl halides is 3. The molecular weight excluding hydrogens is 248 g/mol. The lowest BCUT2D eigenvalue weighted by molar-refractivity contribution is -0.139. The fraction of sp³-hybridized carbons (Fsp3) is 0.417. The minimum absolute atomic E-state index is 0.230. The van der Waals surface area contributed by atoms with Crippen LogP contribution in [0.2, 0.25) is 0 Å². The molecule has 18 heavy (non-hydrogen) atoms. The SMILES string of the molecule is N=C1CCCCN1c1ccc(F)c(C(F)(F)F)c1. The maximum Gasteiger partial charge on any atom is 0.419 e. The van der Waals surface area contributed by atoms with Crippen LogP contribution in [0.15, 0.2) is 18.2 Å². The van der Waals surface area contributed by atoms with Crippen molar-refractivity contribution in [3.63, 3.8) is 0 Å². The van der Waals surface area contributed by atoms with Crippen LogP contribution in [-0.2, 0) is 6.18 Å². The standard InChI is InChI=1S/C12H12F4N2/c13-10-5-4-8(7-9(10)12(14,15)16)18-6-2-1-3-11(18)17/h4-5,7,17H,1-3,6H2. The first kappa shape index (κ1) is 12.9. The van der Waals surface area contributed by atoms with Crippen molar-refractivity contribution in [3.05, 3.63) is 29.6 Å². The number of halogens is 4. The minimum Gasteiger partial charge on any atom is -0.330 e. The maximum absolute atomic E-state index is 13.1. The molecule has 2 rings (SSSR count). The first-order chi connectivity index (χ1) is 8.39. The molecule has 1 N–H and O–H groups in total. The Kier molecular flexibility index (Phi) is 3.28. The van der Waals surface area contributed by atoms with E-state index in [1.807, 2.05) is 0 Å². The van der Waals surface area contributed by atoms with Crippen molar-refractivity contribution < 1.29 is 17.6 Å². The summed E-state index contributed by atoms with van der Waals surface area (Å²) in [6, 6.07) is 2.86. The van der Waals surface area contributed by atoms with Crippen LogP contribution in [0.1, 0.15) is 24.8 Å². The summed E-state index contributed by atoms with van der Waals surface area (Å²) in [7, 11) is 0. The monoisotopic (exact) mass is 260 g/mol. The Balaban J connectivity index is 2.37. The molecule has 0 unspecified atom stereocenters. The van der Waals surface area contributed by atoms with Crippen LogP contribution in [0.5, 0.6) is 0 Å². The van der Waals surface area contributed by atoms with E-state index in [-0.39, 0.29) is 11.5 Å². The normalized spacial score (nSPS) is 17.1. The van der Waals surface area contributed by atoms with E-state index < -0.39 is 17.6 Å².